The largest absolute Gasteiger partial charge is 0.330 e. The predicted octanol–water partition coefficient (Wildman–Crippen LogP) is 2.84. The molecule has 4 nitrogen and oxygen atoms in total. The van der Waals surface area contributed by atoms with Crippen molar-refractivity contribution in [3.8, 4) is 0 Å². The molecule has 0 bridgehead atoms. The molecule has 110 valence electrons. The monoisotopic (exact) mass is 283 g/mol. The first-order valence-electron chi connectivity index (χ1n) is 7.42. The van der Waals surface area contributed by atoms with Crippen molar-refractivity contribution >= 4 is 5.91 Å². The normalized spacial score (nSPS) is 14.2. The lowest BCUT2D eigenvalue weighted by molar-refractivity contribution is 0.0718. The fourth-order valence-electron chi connectivity index (χ4n) is 2.72. The van der Waals surface area contributed by atoms with E-state index in [1.165, 1.54) is 11.1 Å². The van der Waals surface area contributed by atoms with Gasteiger partial charge in [-0.25, -0.2) is 0 Å². The van der Waals surface area contributed by atoms with Gasteiger partial charge in [0.1, 0.15) is 5.69 Å². The van der Waals surface area contributed by atoms with Crippen molar-refractivity contribution < 1.29 is 4.79 Å². The highest BCUT2D eigenvalue weighted by Gasteiger charge is 2.34. The van der Waals surface area contributed by atoms with Gasteiger partial charge in [-0.2, -0.15) is 5.10 Å². The van der Waals surface area contributed by atoms with Crippen LogP contribution in [0.4, 0.5) is 0 Å². The van der Waals surface area contributed by atoms with E-state index in [-0.39, 0.29) is 5.91 Å². The molecule has 0 aliphatic heterocycles. The van der Waals surface area contributed by atoms with Gasteiger partial charge >= 0.3 is 0 Å². The zero-order valence-corrected chi connectivity index (χ0v) is 12.8. The van der Waals surface area contributed by atoms with Crippen molar-refractivity contribution in [3.63, 3.8) is 0 Å². The molecule has 0 saturated heterocycles. The van der Waals surface area contributed by atoms with Crippen LogP contribution in [0.5, 0.6) is 0 Å². The second kappa shape index (κ2) is 5.35. The van der Waals surface area contributed by atoms with Gasteiger partial charge in [0.25, 0.3) is 5.91 Å². The Balaban J connectivity index is 1.85. The van der Waals surface area contributed by atoms with Gasteiger partial charge in [0.05, 0.1) is 5.69 Å². The number of benzene rings is 1. The van der Waals surface area contributed by atoms with Crippen LogP contribution in [0.25, 0.3) is 0 Å². The summed E-state index contributed by atoms with van der Waals surface area (Å²) in [5.41, 5.74) is 3.97. The highest BCUT2D eigenvalue weighted by Crippen LogP contribution is 2.30. The van der Waals surface area contributed by atoms with E-state index in [1.54, 1.807) is 4.68 Å². The second-order valence-electron chi connectivity index (χ2n) is 5.95. The van der Waals surface area contributed by atoms with Gasteiger partial charge in [0, 0.05) is 19.6 Å². The Kier molecular flexibility index (Phi) is 3.53. The molecule has 1 saturated carbocycles. The van der Waals surface area contributed by atoms with Crippen LogP contribution in [0.3, 0.4) is 0 Å². The number of rotatable bonds is 4. The molecule has 2 aromatic rings. The van der Waals surface area contributed by atoms with Crippen molar-refractivity contribution in [2.75, 3.05) is 0 Å². The van der Waals surface area contributed by atoms with E-state index in [0.717, 1.165) is 18.5 Å². The first kappa shape index (κ1) is 13.9. The summed E-state index contributed by atoms with van der Waals surface area (Å²) >= 11 is 0. The first-order valence-corrected chi connectivity index (χ1v) is 7.42. The van der Waals surface area contributed by atoms with Crippen LogP contribution in [-0.4, -0.2) is 26.6 Å². The summed E-state index contributed by atoms with van der Waals surface area (Å²) in [5.74, 6) is 0.0853. The second-order valence-corrected chi connectivity index (χ2v) is 5.95. The molecule has 4 heteroatoms. The maximum Gasteiger partial charge on any atom is 0.272 e. The molecule has 1 aromatic heterocycles. The fourth-order valence-corrected chi connectivity index (χ4v) is 2.72. The average Bonchev–Trinajstić information content (AvgIpc) is 3.21. The molecule has 3 rings (SSSR count). The lowest BCUT2D eigenvalue weighted by Gasteiger charge is -2.22. The van der Waals surface area contributed by atoms with E-state index in [1.807, 2.05) is 24.9 Å². The average molecular weight is 283 g/mol. The minimum Gasteiger partial charge on any atom is -0.330 e. The number of amides is 1. The van der Waals surface area contributed by atoms with Crippen molar-refractivity contribution in [1.82, 2.24) is 14.7 Å². The summed E-state index contributed by atoms with van der Waals surface area (Å²) < 4.78 is 1.68. The third-order valence-corrected chi connectivity index (χ3v) is 3.91. The number of aromatic nitrogens is 2. The van der Waals surface area contributed by atoms with E-state index in [4.69, 9.17) is 0 Å². The molecular weight excluding hydrogens is 262 g/mol. The minimum atomic E-state index is 0.0853. The molecule has 1 fully saturated rings. The van der Waals surface area contributed by atoms with E-state index < -0.39 is 0 Å². The van der Waals surface area contributed by atoms with E-state index in [2.05, 4.69) is 36.3 Å². The van der Waals surface area contributed by atoms with Crippen LogP contribution in [0.1, 0.15) is 40.2 Å². The van der Waals surface area contributed by atoms with E-state index >= 15 is 0 Å². The third kappa shape index (κ3) is 2.99. The van der Waals surface area contributed by atoms with Gasteiger partial charge in [-0.15, -0.1) is 0 Å². The molecule has 1 amide bonds. The van der Waals surface area contributed by atoms with Gasteiger partial charge in [-0.3, -0.25) is 9.48 Å². The summed E-state index contributed by atoms with van der Waals surface area (Å²) in [4.78, 5) is 14.8. The Labute approximate surface area is 125 Å². The van der Waals surface area contributed by atoms with Crippen molar-refractivity contribution in [3.05, 3.63) is 52.8 Å². The lowest BCUT2D eigenvalue weighted by atomic mass is 10.1. The molecule has 0 radical (unpaired) electrons. The number of aryl methyl sites for hydroxylation is 3. The SMILES string of the molecule is Cc1cccc(CN(C(=O)c2cc(C)nn2C)C2CC2)c1. The van der Waals surface area contributed by atoms with Crippen LogP contribution in [0.15, 0.2) is 30.3 Å². The highest BCUT2D eigenvalue weighted by molar-refractivity contribution is 5.93. The quantitative estimate of drug-likeness (QED) is 0.865. The van der Waals surface area contributed by atoms with Gasteiger partial charge in [-0.1, -0.05) is 29.8 Å². The summed E-state index contributed by atoms with van der Waals surface area (Å²) in [7, 11) is 1.83. The van der Waals surface area contributed by atoms with Crippen molar-refractivity contribution in [1.29, 1.82) is 0 Å². The van der Waals surface area contributed by atoms with Gasteiger partial charge < -0.3 is 4.90 Å². The lowest BCUT2D eigenvalue weighted by Crippen LogP contribution is -2.33. The molecule has 1 aliphatic carbocycles. The Morgan fingerprint density at radius 3 is 2.67 bits per heavy atom. The Hall–Kier alpha value is -2.10. The van der Waals surface area contributed by atoms with Gasteiger partial charge in [0.2, 0.25) is 0 Å². The molecule has 0 spiro atoms. The molecule has 21 heavy (non-hydrogen) atoms. The summed E-state index contributed by atoms with van der Waals surface area (Å²) in [6.45, 7) is 4.67. The van der Waals surface area contributed by atoms with Crippen LogP contribution in [0, 0.1) is 13.8 Å². The Morgan fingerprint density at radius 1 is 1.33 bits per heavy atom. The Bertz CT molecular complexity index is 670. The number of carbonyl (C=O) groups excluding carboxylic acids is 1. The number of nitrogens with zero attached hydrogens (tertiary/aromatic N) is 3. The van der Waals surface area contributed by atoms with E-state index in [0.29, 0.717) is 18.3 Å². The minimum absolute atomic E-state index is 0.0853. The van der Waals surface area contributed by atoms with Crippen LogP contribution in [0.2, 0.25) is 0 Å². The molecule has 1 aromatic carbocycles. The van der Waals surface area contributed by atoms with Crippen molar-refractivity contribution in [2.24, 2.45) is 7.05 Å². The Morgan fingerprint density at radius 2 is 2.10 bits per heavy atom. The molecule has 0 unspecified atom stereocenters. The summed E-state index contributed by atoms with van der Waals surface area (Å²) in [6, 6.07) is 10.6. The van der Waals surface area contributed by atoms with Gasteiger partial charge in [0.15, 0.2) is 0 Å². The van der Waals surface area contributed by atoms with Crippen LogP contribution < -0.4 is 0 Å². The number of hydrogen-bond acceptors (Lipinski definition) is 2. The van der Waals surface area contributed by atoms with Crippen LogP contribution in [-0.2, 0) is 13.6 Å². The highest BCUT2D eigenvalue weighted by atomic mass is 16.2. The summed E-state index contributed by atoms with van der Waals surface area (Å²) in [6.07, 6.45) is 2.21. The first-order chi connectivity index (χ1) is 10.0. The molecule has 1 aliphatic rings. The van der Waals surface area contributed by atoms with Crippen molar-refractivity contribution in [2.45, 2.75) is 39.3 Å². The third-order valence-electron chi connectivity index (χ3n) is 3.91. The molecule has 0 atom stereocenters. The molecule has 1 heterocycles. The molecule has 0 N–H and O–H groups in total. The summed E-state index contributed by atoms with van der Waals surface area (Å²) in [5, 5.41) is 4.28. The maximum absolute atomic E-state index is 12.8. The maximum atomic E-state index is 12.8. The molecular formula is C17H21N3O. The fraction of sp³-hybridized carbons (Fsp3) is 0.412. The predicted molar refractivity (Wildman–Crippen MR) is 82.0 cm³/mol. The zero-order chi connectivity index (χ0) is 15.0. The smallest absolute Gasteiger partial charge is 0.272 e. The van der Waals surface area contributed by atoms with Crippen LogP contribution >= 0.6 is 0 Å². The van der Waals surface area contributed by atoms with E-state index in [9.17, 15) is 4.79 Å². The standard InChI is InChI=1S/C17H21N3O/c1-12-5-4-6-14(9-12)11-20(15-7-8-15)17(21)16-10-13(2)18-19(16)3/h4-6,9-10,15H,7-8,11H2,1-3H3. The zero-order valence-electron chi connectivity index (χ0n) is 12.8. The van der Waals surface area contributed by atoms with Gasteiger partial charge in [-0.05, 0) is 38.3 Å². The number of hydrogen-bond donors (Lipinski definition) is 0. The topological polar surface area (TPSA) is 38.1 Å². The number of carbonyl (C=O) groups is 1.